The number of phenolic OH excluding ortho intramolecular Hbond substituents is 1. The quantitative estimate of drug-likeness (QED) is 0.877. The van der Waals surface area contributed by atoms with Crippen LogP contribution in [-0.2, 0) is 13.5 Å². The first-order valence-corrected chi connectivity index (χ1v) is 5.55. The van der Waals surface area contributed by atoms with Crippen LogP contribution in [-0.4, -0.2) is 21.5 Å². The second kappa shape index (κ2) is 4.91. The topological polar surface area (TPSA) is 47.3 Å². The molecule has 90 valence electrons. The van der Waals surface area contributed by atoms with Crippen LogP contribution >= 0.6 is 0 Å². The van der Waals surface area contributed by atoms with E-state index in [0.717, 1.165) is 17.7 Å². The van der Waals surface area contributed by atoms with E-state index in [2.05, 4.69) is 5.10 Å². The number of hydrogen-bond donors (Lipinski definition) is 1. The van der Waals surface area contributed by atoms with Crippen LogP contribution in [0.1, 0.15) is 11.3 Å². The Balaban J connectivity index is 1.92. The van der Waals surface area contributed by atoms with Gasteiger partial charge in [0.1, 0.15) is 11.5 Å². The first-order chi connectivity index (χ1) is 8.15. The fourth-order valence-electron chi connectivity index (χ4n) is 1.73. The molecular weight excluding hydrogens is 216 g/mol. The molecular formula is C13H16N2O2. The van der Waals surface area contributed by atoms with Crippen LogP contribution in [0.2, 0.25) is 0 Å². The van der Waals surface area contributed by atoms with Crippen molar-refractivity contribution in [1.29, 1.82) is 0 Å². The Morgan fingerprint density at radius 1 is 1.35 bits per heavy atom. The number of aromatic hydroxyl groups is 1. The van der Waals surface area contributed by atoms with Crippen molar-refractivity contribution in [2.24, 2.45) is 7.05 Å². The molecule has 0 aliphatic heterocycles. The molecule has 17 heavy (non-hydrogen) atoms. The Kier molecular flexibility index (Phi) is 3.32. The van der Waals surface area contributed by atoms with Gasteiger partial charge in [-0.3, -0.25) is 4.68 Å². The second-order valence-electron chi connectivity index (χ2n) is 4.05. The van der Waals surface area contributed by atoms with Gasteiger partial charge in [0.25, 0.3) is 0 Å². The Morgan fingerprint density at radius 2 is 2.18 bits per heavy atom. The summed E-state index contributed by atoms with van der Waals surface area (Å²) < 4.78 is 7.43. The minimum absolute atomic E-state index is 0.237. The lowest BCUT2D eigenvalue weighted by Crippen LogP contribution is -2.05. The summed E-state index contributed by atoms with van der Waals surface area (Å²) >= 11 is 0. The lowest BCUT2D eigenvalue weighted by atomic mass is 10.2. The lowest BCUT2D eigenvalue weighted by molar-refractivity contribution is 0.316. The molecule has 2 rings (SSSR count). The summed E-state index contributed by atoms with van der Waals surface area (Å²) in [7, 11) is 1.91. The van der Waals surface area contributed by atoms with Crippen molar-refractivity contribution in [3.63, 3.8) is 0 Å². The molecule has 0 saturated heterocycles. The molecule has 1 aromatic carbocycles. The highest BCUT2D eigenvalue weighted by atomic mass is 16.5. The van der Waals surface area contributed by atoms with Crippen molar-refractivity contribution in [2.75, 3.05) is 6.61 Å². The molecule has 0 radical (unpaired) electrons. The fraction of sp³-hybridized carbons (Fsp3) is 0.308. The van der Waals surface area contributed by atoms with E-state index in [9.17, 15) is 5.11 Å². The van der Waals surface area contributed by atoms with Gasteiger partial charge in [0, 0.05) is 31.4 Å². The minimum atomic E-state index is 0.237. The SMILES string of the molecule is Cc1cc(O)cc(OCCc2ccnn2C)c1. The van der Waals surface area contributed by atoms with Crippen LogP contribution < -0.4 is 4.74 Å². The van der Waals surface area contributed by atoms with Crippen LogP contribution in [0, 0.1) is 6.92 Å². The maximum atomic E-state index is 9.43. The van der Waals surface area contributed by atoms with E-state index >= 15 is 0 Å². The van der Waals surface area contributed by atoms with Gasteiger partial charge in [-0.05, 0) is 30.7 Å². The zero-order valence-electron chi connectivity index (χ0n) is 10.1. The minimum Gasteiger partial charge on any atom is -0.508 e. The van der Waals surface area contributed by atoms with Gasteiger partial charge in [0.05, 0.1) is 6.61 Å². The molecule has 4 nitrogen and oxygen atoms in total. The third-order valence-electron chi connectivity index (χ3n) is 2.59. The number of aromatic nitrogens is 2. The van der Waals surface area contributed by atoms with E-state index in [1.165, 1.54) is 0 Å². The Morgan fingerprint density at radius 3 is 2.82 bits per heavy atom. The van der Waals surface area contributed by atoms with Crippen molar-refractivity contribution < 1.29 is 9.84 Å². The molecule has 0 aliphatic carbocycles. The molecule has 2 aromatic rings. The highest BCUT2D eigenvalue weighted by Crippen LogP contribution is 2.21. The van der Waals surface area contributed by atoms with Gasteiger partial charge in [-0.15, -0.1) is 0 Å². The van der Waals surface area contributed by atoms with Gasteiger partial charge in [-0.25, -0.2) is 0 Å². The van der Waals surface area contributed by atoms with Gasteiger partial charge in [0.2, 0.25) is 0 Å². The number of hydrogen-bond acceptors (Lipinski definition) is 3. The highest BCUT2D eigenvalue weighted by molar-refractivity contribution is 5.36. The summed E-state index contributed by atoms with van der Waals surface area (Å²) in [5, 5.41) is 13.5. The molecule has 0 saturated carbocycles. The van der Waals surface area contributed by atoms with E-state index < -0.39 is 0 Å². The monoisotopic (exact) mass is 232 g/mol. The molecule has 0 aliphatic rings. The molecule has 1 heterocycles. The van der Waals surface area contributed by atoms with Crippen molar-refractivity contribution in [3.8, 4) is 11.5 Å². The molecule has 4 heteroatoms. The summed E-state index contributed by atoms with van der Waals surface area (Å²) in [4.78, 5) is 0. The van der Waals surface area contributed by atoms with Gasteiger partial charge in [-0.2, -0.15) is 5.10 Å². The van der Waals surface area contributed by atoms with Gasteiger partial charge >= 0.3 is 0 Å². The van der Waals surface area contributed by atoms with Crippen LogP contribution in [0.25, 0.3) is 0 Å². The zero-order chi connectivity index (χ0) is 12.3. The number of nitrogens with zero attached hydrogens (tertiary/aromatic N) is 2. The maximum absolute atomic E-state index is 9.43. The standard InChI is InChI=1S/C13H16N2O2/c1-10-7-12(16)9-13(8-10)17-6-4-11-3-5-14-15(11)2/h3,5,7-9,16H,4,6H2,1-2H3. The summed E-state index contributed by atoms with van der Waals surface area (Å²) in [6.45, 7) is 2.50. The first-order valence-electron chi connectivity index (χ1n) is 5.55. The molecule has 0 bridgehead atoms. The van der Waals surface area contributed by atoms with E-state index in [1.807, 2.05) is 30.8 Å². The van der Waals surface area contributed by atoms with E-state index in [-0.39, 0.29) is 5.75 Å². The van der Waals surface area contributed by atoms with E-state index in [0.29, 0.717) is 12.4 Å². The molecule has 0 fully saturated rings. The van der Waals surface area contributed by atoms with Crippen molar-refractivity contribution in [1.82, 2.24) is 9.78 Å². The van der Waals surface area contributed by atoms with Crippen LogP contribution in [0.15, 0.2) is 30.5 Å². The average molecular weight is 232 g/mol. The molecule has 1 N–H and O–H groups in total. The van der Waals surface area contributed by atoms with Crippen molar-refractivity contribution in [3.05, 3.63) is 41.7 Å². The number of benzene rings is 1. The molecule has 0 spiro atoms. The molecule has 1 aromatic heterocycles. The number of aryl methyl sites for hydroxylation is 2. The summed E-state index contributed by atoms with van der Waals surface area (Å²) in [5.74, 6) is 0.935. The fourth-order valence-corrected chi connectivity index (χ4v) is 1.73. The summed E-state index contributed by atoms with van der Waals surface area (Å²) in [6.07, 6.45) is 2.57. The van der Waals surface area contributed by atoms with Crippen LogP contribution in [0.4, 0.5) is 0 Å². The smallest absolute Gasteiger partial charge is 0.123 e. The maximum Gasteiger partial charge on any atom is 0.123 e. The Bertz CT molecular complexity index is 486. The number of rotatable bonds is 4. The third kappa shape index (κ3) is 3.00. The molecule has 0 amide bonds. The third-order valence-corrected chi connectivity index (χ3v) is 2.59. The van der Waals surface area contributed by atoms with Crippen molar-refractivity contribution in [2.45, 2.75) is 13.3 Å². The average Bonchev–Trinajstić information content (AvgIpc) is 2.63. The van der Waals surface area contributed by atoms with Gasteiger partial charge < -0.3 is 9.84 Å². The molecule has 0 unspecified atom stereocenters. The van der Waals surface area contributed by atoms with E-state index in [4.69, 9.17) is 4.74 Å². The number of ether oxygens (including phenoxy) is 1. The van der Waals surface area contributed by atoms with Gasteiger partial charge in [-0.1, -0.05) is 0 Å². The Hall–Kier alpha value is -1.97. The highest BCUT2D eigenvalue weighted by Gasteiger charge is 2.01. The summed E-state index contributed by atoms with van der Waals surface area (Å²) in [5.41, 5.74) is 2.11. The zero-order valence-corrected chi connectivity index (χ0v) is 10.1. The predicted molar refractivity (Wildman–Crippen MR) is 65.3 cm³/mol. The first kappa shape index (κ1) is 11.5. The second-order valence-corrected chi connectivity index (χ2v) is 4.05. The van der Waals surface area contributed by atoms with Crippen LogP contribution in [0.3, 0.4) is 0 Å². The van der Waals surface area contributed by atoms with E-state index in [1.54, 1.807) is 18.3 Å². The van der Waals surface area contributed by atoms with Crippen LogP contribution in [0.5, 0.6) is 11.5 Å². The van der Waals surface area contributed by atoms with Gasteiger partial charge in [0.15, 0.2) is 0 Å². The molecule has 0 atom stereocenters. The number of phenols is 1. The lowest BCUT2D eigenvalue weighted by Gasteiger charge is -2.07. The Labute approximate surface area is 100 Å². The van der Waals surface area contributed by atoms with Crippen molar-refractivity contribution >= 4 is 0 Å². The predicted octanol–water partition coefficient (Wildman–Crippen LogP) is 2.06. The largest absolute Gasteiger partial charge is 0.508 e. The normalized spacial score (nSPS) is 10.5. The summed E-state index contributed by atoms with van der Waals surface area (Å²) in [6, 6.07) is 7.20.